The van der Waals surface area contributed by atoms with Gasteiger partial charge in [0.1, 0.15) is 0 Å². The van der Waals surface area contributed by atoms with Crippen LogP contribution in [0.25, 0.3) is 0 Å². The van der Waals surface area contributed by atoms with Crippen LogP contribution in [0.5, 0.6) is 0 Å². The van der Waals surface area contributed by atoms with Crippen molar-refractivity contribution >= 4 is 22.4 Å². The largest absolute Gasteiger partial charge is 0.375 e. The van der Waals surface area contributed by atoms with Gasteiger partial charge in [-0.1, -0.05) is 0 Å². The lowest BCUT2D eigenvalue weighted by Crippen LogP contribution is -2.26. The molecule has 0 saturated heterocycles. The topological polar surface area (TPSA) is 68.0 Å². The zero-order valence-electron chi connectivity index (χ0n) is 8.32. The standard InChI is InChI=1S/C10H13N3OS/c1-2-3-4-5-12-9(14)6-8-7-15-10(11)13-8/h1,7H,3-6H2,(H2,11,13)(H,12,14). The van der Waals surface area contributed by atoms with Crippen molar-refractivity contribution in [1.82, 2.24) is 10.3 Å². The molecule has 0 atom stereocenters. The van der Waals surface area contributed by atoms with Gasteiger partial charge in [0.05, 0.1) is 12.1 Å². The molecule has 1 heterocycles. The molecule has 1 aromatic heterocycles. The van der Waals surface area contributed by atoms with Crippen LogP contribution in [0.4, 0.5) is 5.13 Å². The molecule has 4 nitrogen and oxygen atoms in total. The Balaban J connectivity index is 2.22. The minimum Gasteiger partial charge on any atom is -0.375 e. The molecule has 0 spiro atoms. The van der Waals surface area contributed by atoms with Crippen LogP contribution in [-0.4, -0.2) is 17.4 Å². The molecule has 0 aliphatic carbocycles. The Morgan fingerprint density at radius 3 is 3.13 bits per heavy atom. The first-order valence-electron chi connectivity index (χ1n) is 4.62. The maximum Gasteiger partial charge on any atom is 0.226 e. The Morgan fingerprint density at radius 1 is 1.73 bits per heavy atom. The second kappa shape index (κ2) is 6.04. The van der Waals surface area contributed by atoms with Crippen LogP contribution < -0.4 is 11.1 Å². The van der Waals surface area contributed by atoms with E-state index in [0.29, 0.717) is 23.8 Å². The van der Waals surface area contributed by atoms with Crippen molar-refractivity contribution in [3.05, 3.63) is 11.1 Å². The quantitative estimate of drug-likeness (QED) is 0.573. The summed E-state index contributed by atoms with van der Waals surface area (Å²) in [5, 5.41) is 5.04. The Hall–Kier alpha value is -1.54. The minimum absolute atomic E-state index is 0.0441. The summed E-state index contributed by atoms with van der Waals surface area (Å²) in [6.07, 6.45) is 6.86. The monoisotopic (exact) mass is 223 g/mol. The summed E-state index contributed by atoms with van der Waals surface area (Å²) in [6, 6.07) is 0. The van der Waals surface area contributed by atoms with Gasteiger partial charge >= 0.3 is 0 Å². The number of nitrogens with one attached hydrogen (secondary N) is 1. The molecule has 0 fully saturated rings. The average molecular weight is 223 g/mol. The van der Waals surface area contributed by atoms with E-state index in [9.17, 15) is 4.79 Å². The summed E-state index contributed by atoms with van der Waals surface area (Å²) in [5.74, 6) is 2.47. The highest BCUT2D eigenvalue weighted by Crippen LogP contribution is 2.11. The second-order valence-electron chi connectivity index (χ2n) is 3.01. The van der Waals surface area contributed by atoms with Gasteiger partial charge in [0.15, 0.2) is 5.13 Å². The molecule has 0 aliphatic heterocycles. The normalized spacial score (nSPS) is 9.53. The predicted molar refractivity (Wildman–Crippen MR) is 61.3 cm³/mol. The Morgan fingerprint density at radius 2 is 2.53 bits per heavy atom. The van der Waals surface area contributed by atoms with E-state index in [1.54, 1.807) is 5.38 Å². The highest BCUT2D eigenvalue weighted by molar-refractivity contribution is 7.13. The lowest BCUT2D eigenvalue weighted by Gasteiger charge is -2.01. The molecule has 0 saturated carbocycles. The van der Waals surface area contributed by atoms with Crippen LogP contribution >= 0.6 is 11.3 Å². The van der Waals surface area contributed by atoms with Crippen molar-refractivity contribution in [2.24, 2.45) is 0 Å². The molecule has 0 aromatic carbocycles. The fourth-order valence-corrected chi connectivity index (χ4v) is 1.61. The number of aromatic nitrogens is 1. The van der Waals surface area contributed by atoms with E-state index in [2.05, 4.69) is 16.2 Å². The van der Waals surface area contributed by atoms with Gasteiger partial charge in [-0.3, -0.25) is 4.79 Å². The second-order valence-corrected chi connectivity index (χ2v) is 3.90. The summed E-state index contributed by atoms with van der Waals surface area (Å²) < 4.78 is 0. The molecule has 80 valence electrons. The van der Waals surface area contributed by atoms with E-state index < -0.39 is 0 Å². The lowest BCUT2D eigenvalue weighted by atomic mass is 10.3. The van der Waals surface area contributed by atoms with E-state index in [0.717, 1.165) is 6.42 Å². The first-order valence-corrected chi connectivity index (χ1v) is 5.50. The van der Waals surface area contributed by atoms with Crippen LogP contribution in [-0.2, 0) is 11.2 Å². The highest BCUT2D eigenvalue weighted by Gasteiger charge is 2.05. The number of nitrogens with two attached hydrogens (primary N) is 1. The number of unbranched alkanes of at least 4 members (excludes halogenated alkanes) is 1. The number of terminal acetylenes is 1. The Labute approximate surface area is 92.9 Å². The fraction of sp³-hybridized carbons (Fsp3) is 0.400. The number of anilines is 1. The SMILES string of the molecule is C#CCCCNC(=O)Cc1csc(N)n1. The molecule has 15 heavy (non-hydrogen) atoms. The fourth-order valence-electron chi connectivity index (χ4n) is 1.05. The molecule has 5 heteroatoms. The number of hydrogen-bond donors (Lipinski definition) is 2. The van der Waals surface area contributed by atoms with E-state index in [1.807, 2.05) is 0 Å². The van der Waals surface area contributed by atoms with E-state index in [4.69, 9.17) is 12.2 Å². The molecule has 1 rings (SSSR count). The number of hydrogen-bond acceptors (Lipinski definition) is 4. The van der Waals surface area contributed by atoms with Gasteiger partial charge in [-0.15, -0.1) is 23.7 Å². The third kappa shape index (κ3) is 4.47. The van der Waals surface area contributed by atoms with Crippen molar-refractivity contribution < 1.29 is 4.79 Å². The van der Waals surface area contributed by atoms with Crippen LogP contribution in [0.1, 0.15) is 18.5 Å². The van der Waals surface area contributed by atoms with Crippen LogP contribution in [0.15, 0.2) is 5.38 Å². The number of nitrogen functional groups attached to an aromatic ring is 1. The summed E-state index contributed by atoms with van der Waals surface area (Å²) in [7, 11) is 0. The highest BCUT2D eigenvalue weighted by atomic mass is 32.1. The third-order valence-corrected chi connectivity index (χ3v) is 2.45. The van der Waals surface area contributed by atoms with Gasteiger partial charge in [0.2, 0.25) is 5.91 Å². The van der Waals surface area contributed by atoms with Crippen molar-refractivity contribution in [2.75, 3.05) is 12.3 Å². The van der Waals surface area contributed by atoms with Gasteiger partial charge in [-0.05, 0) is 6.42 Å². The lowest BCUT2D eigenvalue weighted by molar-refractivity contribution is -0.120. The van der Waals surface area contributed by atoms with E-state index in [-0.39, 0.29) is 12.3 Å². The van der Waals surface area contributed by atoms with E-state index >= 15 is 0 Å². The number of thiazole rings is 1. The minimum atomic E-state index is -0.0441. The molecule has 0 aliphatic rings. The Bertz CT molecular complexity index is 367. The first-order chi connectivity index (χ1) is 7.22. The molecule has 1 amide bonds. The summed E-state index contributed by atoms with van der Waals surface area (Å²) in [4.78, 5) is 15.3. The summed E-state index contributed by atoms with van der Waals surface area (Å²) >= 11 is 1.34. The molecular weight excluding hydrogens is 210 g/mol. The van der Waals surface area contributed by atoms with Gasteiger partial charge < -0.3 is 11.1 Å². The van der Waals surface area contributed by atoms with Crippen molar-refractivity contribution in [3.63, 3.8) is 0 Å². The van der Waals surface area contributed by atoms with Gasteiger partial charge in [0, 0.05) is 18.3 Å². The average Bonchev–Trinajstić information content (AvgIpc) is 2.59. The third-order valence-electron chi connectivity index (χ3n) is 1.73. The number of carbonyl (C=O) groups excluding carboxylic acids is 1. The maximum atomic E-state index is 11.3. The zero-order valence-corrected chi connectivity index (χ0v) is 9.14. The van der Waals surface area contributed by atoms with Gasteiger partial charge in [-0.25, -0.2) is 4.98 Å². The number of amides is 1. The maximum absolute atomic E-state index is 11.3. The van der Waals surface area contributed by atoms with Crippen LogP contribution in [0, 0.1) is 12.3 Å². The molecule has 0 bridgehead atoms. The van der Waals surface area contributed by atoms with Crippen LogP contribution in [0.3, 0.4) is 0 Å². The molecule has 0 radical (unpaired) electrons. The smallest absolute Gasteiger partial charge is 0.226 e. The summed E-state index contributed by atoms with van der Waals surface area (Å²) in [5.41, 5.74) is 6.16. The molecule has 3 N–H and O–H groups in total. The molecular formula is C10H13N3OS. The van der Waals surface area contributed by atoms with Crippen molar-refractivity contribution in [3.8, 4) is 12.3 Å². The van der Waals surface area contributed by atoms with Gasteiger partial charge in [-0.2, -0.15) is 0 Å². The van der Waals surface area contributed by atoms with Gasteiger partial charge in [0.25, 0.3) is 0 Å². The van der Waals surface area contributed by atoms with Crippen molar-refractivity contribution in [1.29, 1.82) is 0 Å². The Kier molecular flexibility index (Phi) is 4.64. The number of nitrogens with zero attached hydrogens (tertiary/aromatic N) is 1. The number of carbonyl (C=O) groups is 1. The molecule has 1 aromatic rings. The first kappa shape index (κ1) is 11.5. The van der Waals surface area contributed by atoms with Crippen molar-refractivity contribution in [2.45, 2.75) is 19.3 Å². The van der Waals surface area contributed by atoms with Crippen LogP contribution in [0.2, 0.25) is 0 Å². The number of rotatable bonds is 5. The van der Waals surface area contributed by atoms with E-state index in [1.165, 1.54) is 11.3 Å². The zero-order chi connectivity index (χ0) is 11.1. The summed E-state index contributed by atoms with van der Waals surface area (Å²) in [6.45, 7) is 0.614. The predicted octanol–water partition coefficient (Wildman–Crippen LogP) is 0.797. The molecule has 0 unspecified atom stereocenters.